The maximum absolute atomic E-state index is 15.4. The molecule has 27 nitrogen and oxygen atoms in total. The van der Waals surface area contributed by atoms with Crippen LogP contribution in [0.1, 0.15) is 99.8 Å². The van der Waals surface area contributed by atoms with Crippen molar-refractivity contribution in [2.45, 2.75) is 247 Å². The largest absolute Gasteiger partial charge is 0.432 e. The third-order valence-corrected chi connectivity index (χ3v) is 22.3. The molecule has 5 heterocycles. The van der Waals surface area contributed by atoms with E-state index in [0.29, 0.717) is 32.1 Å². The van der Waals surface area contributed by atoms with Crippen LogP contribution in [0, 0.1) is 50.2 Å². The average Bonchev–Trinajstić information content (AvgIpc) is 1.01. The molecule has 0 amide bonds. The van der Waals surface area contributed by atoms with Gasteiger partial charge in [-0.25, -0.2) is 0 Å². The smallest absolute Gasteiger partial charge is 0.317 e. The van der Waals surface area contributed by atoms with Gasteiger partial charge in [0.25, 0.3) is 0 Å². The van der Waals surface area contributed by atoms with E-state index in [2.05, 4.69) is 40.7 Å². The minimum Gasteiger partial charge on any atom is -0.432 e. The third kappa shape index (κ3) is 10.3. The second kappa shape index (κ2) is 22.9. The predicted molar refractivity (Wildman–Crippen MR) is 275 cm³/mol. The van der Waals surface area contributed by atoms with Gasteiger partial charge in [0.15, 0.2) is 37.6 Å². The molecule has 0 aromatic heterocycles. The first-order valence-electron chi connectivity index (χ1n) is 29.3. The van der Waals surface area contributed by atoms with E-state index < -0.39 is 219 Å². The standard InChI is InChI=1S/C56H90O27/c1-22-38(78-44-37(69)39(27(61)18-74-44)79-48-41(70)55(73,20-58)21-76-48)33(65)36(68)45(77-22)80-40-31(63)26(60)17-75-47(40)83-49(72)56-13-12-50(2,3)14-24(56)23-8-9-29-51(4)15-25(59)42(81-46-35(67)32(64)34(66)43(71)82-46)52(5,19-57)28(51)10-11-53(29,6)54(23,7)16-30(56)62/h8,22,24-48,57-71,73H,9-21H2,1-7H3/t22-,24+,25+,26-,27-,28+,29-,30-,31-,32+,33+,34+,35-,36-,37-,38+,39+,40+,41+,42+,43+,44+,45?,46-,47-,48+,51-,52+,53-,54+,55-,56-/m0/s1. The minimum absolute atomic E-state index is 0.121. The number of esters is 1. The highest BCUT2D eigenvalue weighted by atomic mass is 16.8. The van der Waals surface area contributed by atoms with Gasteiger partial charge in [-0.3, -0.25) is 4.79 Å². The van der Waals surface area contributed by atoms with Crippen LogP contribution < -0.4 is 0 Å². The van der Waals surface area contributed by atoms with Crippen LogP contribution in [0.25, 0.3) is 0 Å². The van der Waals surface area contributed by atoms with Crippen LogP contribution in [-0.2, 0) is 52.2 Å². The summed E-state index contributed by atoms with van der Waals surface area (Å²) in [6.45, 7) is 11.0. The monoisotopic (exact) mass is 1190 g/mol. The first-order chi connectivity index (χ1) is 38.8. The quantitative estimate of drug-likeness (QED) is 0.0498. The van der Waals surface area contributed by atoms with Gasteiger partial charge in [-0.1, -0.05) is 53.2 Å². The molecule has 10 rings (SSSR count). The zero-order valence-electron chi connectivity index (χ0n) is 47.9. The minimum atomic E-state index is -2.07. The number of hydrogen-bond donors (Lipinski definition) is 16. The zero-order chi connectivity index (χ0) is 60.6. The Morgan fingerprint density at radius 1 is 0.602 bits per heavy atom. The topological polar surface area (TPSA) is 433 Å². The van der Waals surface area contributed by atoms with Gasteiger partial charge in [-0.2, -0.15) is 0 Å². The number of carbonyl (C=O) groups excluding carboxylic acids is 1. The van der Waals surface area contributed by atoms with Crippen LogP contribution in [0.15, 0.2) is 11.6 Å². The predicted octanol–water partition coefficient (Wildman–Crippen LogP) is -4.39. The molecule has 10 aliphatic rings. The molecule has 0 spiro atoms. The first-order valence-corrected chi connectivity index (χ1v) is 29.3. The molecule has 4 saturated carbocycles. The fourth-order valence-corrected chi connectivity index (χ4v) is 17.1. The molecule has 32 atom stereocenters. The van der Waals surface area contributed by atoms with Gasteiger partial charge in [0.2, 0.25) is 6.29 Å². The Morgan fingerprint density at radius 3 is 1.92 bits per heavy atom. The van der Waals surface area contributed by atoms with Crippen molar-refractivity contribution in [3.63, 3.8) is 0 Å². The van der Waals surface area contributed by atoms with E-state index in [1.165, 1.54) is 6.92 Å². The Labute approximate surface area is 480 Å². The Balaban J connectivity index is 0.858. The summed E-state index contributed by atoms with van der Waals surface area (Å²) in [5.74, 6) is -1.86. The van der Waals surface area contributed by atoms with Crippen molar-refractivity contribution in [3.05, 3.63) is 11.6 Å². The van der Waals surface area contributed by atoms with Gasteiger partial charge in [-0.05, 0) is 97.7 Å². The van der Waals surface area contributed by atoms with Crippen LogP contribution in [0.2, 0.25) is 0 Å². The number of rotatable bonds is 12. The molecule has 9 fully saturated rings. The molecule has 27 heteroatoms. The number of carbonyl (C=O) groups is 1. The lowest BCUT2D eigenvalue weighted by atomic mass is 9.33. The molecule has 476 valence electrons. The van der Waals surface area contributed by atoms with Gasteiger partial charge in [-0.15, -0.1) is 0 Å². The van der Waals surface area contributed by atoms with Crippen LogP contribution in [0.3, 0.4) is 0 Å². The molecular weight excluding hydrogens is 1100 g/mol. The highest BCUT2D eigenvalue weighted by molar-refractivity contribution is 5.80. The van der Waals surface area contributed by atoms with Gasteiger partial charge >= 0.3 is 5.97 Å². The summed E-state index contributed by atoms with van der Waals surface area (Å²) in [7, 11) is 0. The number of allylic oxidation sites excluding steroid dienone is 2. The maximum Gasteiger partial charge on any atom is 0.317 e. The molecule has 1 unspecified atom stereocenters. The van der Waals surface area contributed by atoms with Crippen molar-refractivity contribution in [2.24, 2.45) is 50.2 Å². The Kier molecular flexibility index (Phi) is 17.7. The van der Waals surface area contributed by atoms with E-state index in [1.807, 2.05) is 0 Å². The fourth-order valence-electron chi connectivity index (χ4n) is 17.1. The van der Waals surface area contributed by atoms with Crippen molar-refractivity contribution < 1.29 is 134 Å². The lowest BCUT2D eigenvalue weighted by Crippen LogP contribution is -2.70. The van der Waals surface area contributed by atoms with Crippen molar-refractivity contribution in [3.8, 4) is 0 Å². The molecule has 5 aliphatic heterocycles. The highest BCUT2D eigenvalue weighted by Gasteiger charge is 2.73. The van der Waals surface area contributed by atoms with Crippen molar-refractivity contribution in [1.82, 2.24) is 0 Å². The second-order valence-electron chi connectivity index (χ2n) is 27.6. The second-order valence-corrected chi connectivity index (χ2v) is 27.6. The Hall–Kier alpha value is -1.79. The van der Waals surface area contributed by atoms with Crippen LogP contribution in [-0.4, -0.2) is 268 Å². The summed E-state index contributed by atoms with van der Waals surface area (Å²) >= 11 is 0. The average molecular weight is 1200 g/mol. The first kappa shape index (κ1) is 64.2. The van der Waals surface area contributed by atoms with E-state index in [0.717, 1.165) is 5.57 Å². The summed E-state index contributed by atoms with van der Waals surface area (Å²) in [5, 5.41) is 176. The van der Waals surface area contributed by atoms with Gasteiger partial charge in [0.05, 0.1) is 57.5 Å². The van der Waals surface area contributed by atoms with Crippen LogP contribution >= 0.6 is 0 Å². The van der Waals surface area contributed by atoms with E-state index in [4.69, 9.17) is 47.4 Å². The van der Waals surface area contributed by atoms with Gasteiger partial charge < -0.3 is 129 Å². The lowest BCUT2D eigenvalue weighted by Gasteiger charge is -2.72. The Bertz CT molecular complexity index is 2350. The third-order valence-electron chi connectivity index (χ3n) is 22.3. The van der Waals surface area contributed by atoms with E-state index >= 15 is 4.79 Å². The zero-order valence-corrected chi connectivity index (χ0v) is 47.9. The summed E-state index contributed by atoms with van der Waals surface area (Å²) in [4.78, 5) is 15.4. The summed E-state index contributed by atoms with van der Waals surface area (Å²) in [6, 6.07) is 0. The number of ether oxygens (including phenoxy) is 10. The number of fused-ring (bicyclic) bond motifs is 7. The van der Waals surface area contributed by atoms with Crippen molar-refractivity contribution in [2.75, 3.05) is 33.0 Å². The highest BCUT2D eigenvalue weighted by Crippen LogP contribution is 2.76. The van der Waals surface area contributed by atoms with Gasteiger partial charge in [0, 0.05) is 5.41 Å². The molecule has 83 heavy (non-hydrogen) atoms. The van der Waals surface area contributed by atoms with Crippen molar-refractivity contribution in [1.29, 1.82) is 0 Å². The molecular formula is C56H90O27. The SMILES string of the molecule is C[C@@H]1OC(O[C@H]2[C@H](OC(=O)[C@@]34CCC(C)(C)C[C@@H]3C3=CC[C@H]5[C@@]6(C)C[C@@H](O)[C@@H](O[C@H]7O[C@@H](O)[C@H](O)[C@@H](O)[C@@H]7O)[C@](C)(CO)[C@@H]6CC[C@]5(C)[C@]3(C)C[C@@H]4O)OC[C@H](O)[C@@H]2O)[C@@H](O)[C@@H](O)[C@@H]1O[C@H]1OC[C@H](O)[C@@H](O[C@H]2OC[C@@](O)(CO)[C@@H]2O)[C@@H]1O. The summed E-state index contributed by atoms with van der Waals surface area (Å²) in [5.41, 5.74) is -6.08. The molecule has 0 aromatic carbocycles. The lowest BCUT2D eigenvalue weighted by molar-refractivity contribution is -0.372. The van der Waals surface area contributed by atoms with E-state index in [-0.39, 0.29) is 36.5 Å². The molecule has 5 aliphatic carbocycles. The molecule has 5 saturated heterocycles. The van der Waals surface area contributed by atoms with Gasteiger partial charge in [0.1, 0.15) is 84.3 Å². The molecule has 0 bridgehead atoms. The van der Waals surface area contributed by atoms with Crippen molar-refractivity contribution >= 4 is 5.97 Å². The molecule has 0 radical (unpaired) electrons. The Morgan fingerprint density at radius 2 is 1.24 bits per heavy atom. The number of aliphatic hydroxyl groups is 16. The van der Waals surface area contributed by atoms with Crippen LogP contribution in [0.5, 0.6) is 0 Å². The summed E-state index contributed by atoms with van der Waals surface area (Å²) in [6.07, 6.45) is -32.4. The number of aliphatic hydroxyl groups excluding tert-OH is 15. The normalized spacial score (nSPS) is 56.2. The number of hydrogen-bond acceptors (Lipinski definition) is 27. The fraction of sp³-hybridized carbons (Fsp3) is 0.946. The van der Waals surface area contributed by atoms with Crippen LogP contribution in [0.4, 0.5) is 0 Å². The van der Waals surface area contributed by atoms with E-state index in [1.54, 1.807) is 6.92 Å². The summed E-state index contributed by atoms with van der Waals surface area (Å²) < 4.78 is 58.2. The molecule has 0 aromatic rings. The molecule has 16 N–H and O–H groups in total. The van der Waals surface area contributed by atoms with E-state index in [9.17, 15) is 81.7 Å². The maximum atomic E-state index is 15.4.